The van der Waals surface area contributed by atoms with Gasteiger partial charge in [0, 0.05) is 24.6 Å². The number of nitrogens with zero attached hydrogens (tertiary/aromatic N) is 1. The van der Waals surface area contributed by atoms with Crippen LogP contribution in [0.15, 0.2) is 0 Å². The van der Waals surface area contributed by atoms with Gasteiger partial charge in [-0.25, -0.2) is 0 Å². The van der Waals surface area contributed by atoms with E-state index in [1.165, 1.54) is 0 Å². The Morgan fingerprint density at radius 1 is 1.46 bits per heavy atom. The van der Waals surface area contributed by atoms with E-state index < -0.39 is 0 Å². The monoisotopic (exact) mass is 185 g/mol. The summed E-state index contributed by atoms with van der Waals surface area (Å²) in [5.74, 6) is 1.18. The molecule has 0 spiro atoms. The van der Waals surface area contributed by atoms with Crippen LogP contribution in [0.4, 0.5) is 0 Å². The fourth-order valence-corrected chi connectivity index (χ4v) is 2.29. The minimum absolute atomic E-state index is 0.193. The van der Waals surface area contributed by atoms with Crippen molar-refractivity contribution in [1.82, 2.24) is 4.90 Å². The number of rotatable bonds is 3. The lowest BCUT2D eigenvalue weighted by Gasteiger charge is -2.36. The van der Waals surface area contributed by atoms with Crippen LogP contribution >= 0.6 is 0 Å². The molecule has 78 valence electrons. The molecule has 1 fully saturated rings. The summed E-state index contributed by atoms with van der Waals surface area (Å²) in [7, 11) is 0. The zero-order valence-electron chi connectivity index (χ0n) is 9.38. The maximum absolute atomic E-state index is 9.23. The number of likely N-dealkylation sites (tertiary alicyclic amines) is 1. The van der Waals surface area contributed by atoms with Crippen LogP contribution in [-0.2, 0) is 0 Å². The highest BCUT2D eigenvalue weighted by Gasteiger charge is 2.40. The van der Waals surface area contributed by atoms with Crippen molar-refractivity contribution in [2.24, 2.45) is 11.8 Å². The predicted octanol–water partition coefficient (Wildman–Crippen LogP) is 1.74. The van der Waals surface area contributed by atoms with Crippen molar-refractivity contribution in [3.05, 3.63) is 0 Å². The molecule has 1 rings (SSSR count). The quantitative estimate of drug-likeness (QED) is 0.724. The van der Waals surface area contributed by atoms with Crippen LogP contribution in [0.2, 0.25) is 0 Å². The standard InChI is InChI=1S/C11H23NO/c1-9(2)7-12-6-5-10(8-13)11(12,3)4/h9-10,13H,5-8H2,1-4H3. The zero-order chi connectivity index (χ0) is 10.1. The topological polar surface area (TPSA) is 23.5 Å². The molecular formula is C11H23NO. The van der Waals surface area contributed by atoms with Gasteiger partial charge in [0.2, 0.25) is 0 Å². The van der Waals surface area contributed by atoms with E-state index in [0.717, 1.165) is 25.4 Å². The fraction of sp³-hybridized carbons (Fsp3) is 1.00. The number of aliphatic hydroxyl groups excluding tert-OH is 1. The van der Waals surface area contributed by atoms with E-state index in [2.05, 4.69) is 32.6 Å². The molecule has 0 aromatic rings. The SMILES string of the molecule is CC(C)CN1CCC(CO)C1(C)C. The predicted molar refractivity (Wildman–Crippen MR) is 55.7 cm³/mol. The average molecular weight is 185 g/mol. The molecule has 1 aliphatic rings. The Morgan fingerprint density at radius 2 is 2.08 bits per heavy atom. The van der Waals surface area contributed by atoms with Crippen molar-refractivity contribution in [3.8, 4) is 0 Å². The Balaban J connectivity index is 2.58. The smallest absolute Gasteiger partial charge is 0.0477 e. The molecule has 1 aliphatic heterocycles. The molecule has 1 unspecified atom stereocenters. The molecule has 0 saturated carbocycles. The van der Waals surface area contributed by atoms with E-state index >= 15 is 0 Å². The third-order valence-corrected chi connectivity index (χ3v) is 3.37. The molecule has 1 heterocycles. The van der Waals surface area contributed by atoms with E-state index in [-0.39, 0.29) is 5.54 Å². The van der Waals surface area contributed by atoms with Gasteiger partial charge in [-0.2, -0.15) is 0 Å². The number of hydrogen-bond donors (Lipinski definition) is 1. The third-order valence-electron chi connectivity index (χ3n) is 3.37. The Hall–Kier alpha value is -0.0800. The Morgan fingerprint density at radius 3 is 2.46 bits per heavy atom. The van der Waals surface area contributed by atoms with Crippen LogP contribution in [0.5, 0.6) is 0 Å². The average Bonchev–Trinajstić information content (AvgIpc) is 2.26. The first kappa shape index (κ1) is 11.0. The van der Waals surface area contributed by atoms with Crippen molar-refractivity contribution in [2.45, 2.75) is 39.7 Å². The molecule has 0 amide bonds. The highest BCUT2D eigenvalue weighted by atomic mass is 16.3. The fourth-order valence-electron chi connectivity index (χ4n) is 2.29. The molecule has 0 bridgehead atoms. The second-order valence-electron chi connectivity index (χ2n) is 5.16. The summed E-state index contributed by atoms with van der Waals surface area (Å²) >= 11 is 0. The minimum Gasteiger partial charge on any atom is -0.396 e. The zero-order valence-corrected chi connectivity index (χ0v) is 9.38. The molecule has 1 N–H and O–H groups in total. The van der Waals surface area contributed by atoms with Crippen LogP contribution in [0.25, 0.3) is 0 Å². The van der Waals surface area contributed by atoms with Gasteiger partial charge in [0.1, 0.15) is 0 Å². The minimum atomic E-state index is 0.193. The largest absolute Gasteiger partial charge is 0.396 e. The Kier molecular flexibility index (Phi) is 3.36. The molecule has 2 nitrogen and oxygen atoms in total. The summed E-state index contributed by atoms with van der Waals surface area (Å²) in [6.45, 7) is 11.7. The van der Waals surface area contributed by atoms with Gasteiger partial charge in [-0.1, -0.05) is 13.8 Å². The van der Waals surface area contributed by atoms with Gasteiger partial charge in [-0.05, 0) is 32.7 Å². The highest BCUT2D eigenvalue weighted by Crippen LogP contribution is 2.34. The highest BCUT2D eigenvalue weighted by molar-refractivity contribution is 4.94. The number of hydrogen-bond acceptors (Lipinski definition) is 2. The van der Waals surface area contributed by atoms with Gasteiger partial charge in [-0.3, -0.25) is 4.90 Å². The lowest BCUT2D eigenvalue weighted by molar-refractivity contribution is 0.0910. The molecule has 2 heteroatoms. The molecular weight excluding hydrogens is 162 g/mol. The van der Waals surface area contributed by atoms with Gasteiger partial charge in [-0.15, -0.1) is 0 Å². The van der Waals surface area contributed by atoms with Gasteiger partial charge < -0.3 is 5.11 Å². The van der Waals surface area contributed by atoms with Crippen molar-refractivity contribution in [1.29, 1.82) is 0 Å². The maximum atomic E-state index is 9.23. The summed E-state index contributed by atoms with van der Waals surface area (Å²) in [4.78, 5) is 2.51. The Bertz CT molecular complexity index is 165. The van der Waals surface area contributed by atoms with Crippen LogP contribution in [-0.4, -0.2) is 35.2 Å². The van der Waals surface area contributed by atoms with Gasteiger partial charge in [0.05, 0.1) is 0 Å². The van der Waals surface area contributed by atoms with E-state index in [1.807, 2.05) is 0 Å². The van der Waals surface area contributed by atoms with E-state index in [1.54, 1.807) is 0 Å². The summed E-state index contributed by atoms with van der Waals surface area (Å²) in [5, 5.41) is 9.23. The number of aliphatic hydroxyl groups is 1. The summed E-state index contributed by atoms with van der Waals surface area (Å²) in [5.41, 5.74) is 0.193. The molecule has 13 heavy (non-hydrogen) atoms. The summed E-state index contributed by atoms with van der Waals surface area (Å²) in [6, 6.07) is 0. The first-order chi connectivity index (χ1) is 5.98. The first-order valence-electron chi connectivity index (χ1n) is 5.34. The summed E-state index contributed by atoms with van der Waals surface area (Å²) in [6.07, 6.45) is 1.15. The second-order valence-corrected chi connectivity index (χ2v) is 5.16. The maximum Gasteiger partial charge on any atom is 0.0477 e. The van der Waals surface area contributed by atoms with Crippen LogP contribution < -0.4 is 0 Å². The molecule has 0 aromatic carbocycles. The second kappa shape index (κ2) is 3.97. The van der Waals surface area contributed by atoms with Crippen molar-refractivity contribution < 1.29 is 5.11 Å². The molecule has 0 aliphatic carbocycles. The lowest BCUT2D eigenvalue weighted by atomic mass is 9.89. The van der Waals surface area contributed by atoms with Crippen molar-refractivity contribution in [2.75, 3.05) is 19.7 Å². The first-order valence-corrected chi connectivity index (χ1v) is 5.34. The Labute approximate surface area is 81.9 Å². The van der Waals surface area contributed by atoms with Gasteiger partial charge in [0.25, 0.3) is 0 Å². The normalized spacial score (nSPS) is 28.6. The molecule has 1 saturated heterocycles. The van der Waals surface area contributed by atoms with Crippen LogP contribution in [0, 0.1) is 11.8 Å². The van der Waals surface area contributed by atoms with Crippen molar-refractivity contribution in [3.63, 3.8) is 0 Å². The molecule has 0 radical (unpaired) electrons. The summed E-state index contributed by atoms with van der Waals surface area (Å²) < 4.78 is 0. The lowest BCUT2D eigenvalue weighted by Crippen LogP contribution is -2.45. The van der Waals surface area contributed by atoms with Gasteiger partial charge >= 0.3 is 0 Å². The van der Waals surface area contributed by atoms with E-state index in [0.29, 0.717) is 12.5 Å². The van der Waals surface area contributed by atoms with Gasteiger partial charge in [0.15, 0.2) is 0 Å². The third kappa shape index (κ3) is 2.23. The van der Waals surface area contributed by atoms with Crippen LogP contribution in [0.3, 0.4) is 0 Å². The molecule has 1 atom stereocenters. The molecule has 0 aromatic heterocycles. The van der Waals surface area contributed by atoms with E-state index in [4.69, 9.17) is 0 Å². The van der Waals surface area contributed by atoms with Crippen LogP contribution in [0.1, 0.15) is 34.1 Å². The van der Waals surface area contributed by atoms with E-state index in [9.17, 15) is 5.11 Å². The van der Waals surface area contributed by atoms with Crippen molar-refractivity contribution >= 4 is 0 Å².